The topological polar surface area (TPSA) is 70.1 Å². The van der Waals surface area contributed by atoms with Gasteiger partial charge >= 0.3 is 5.97 Å². The minimum atomic E-state index is -0.815. The van der Waals surface area contributed by atoms with E-state index < -0.39 is 5.97 Å². The van der Waals surface area contributed by atoms with Gasteiger partial charge in [0.2, 0.25) is 5.91 Å². The normalized spacial score (nSPS) is 16.8. The van der Waals surface area contributed by atoms with Gasteiger partial charge in [-0.15, -0.1) is 0 Å². The number of carboxylic acid groups (broad SMARTS) is 1. The molecule has 2 aromatic carbocycles. The highest BCUT2D eigenvalue weighted by atomic mass is 16.5. The van der Waals surface area contributed by atoms with Crippen LogP contribution in [0.1, 0.15) is 56.6 Å². The molecule has 0 radical (unpaired) electrons. The molecule has 1 unspecified atom stereocenters. The van der Waals surface area contributed by atoms with E-state index in [1.54, 1.807) is 18.9 Å². The van der Waals surface area contributed by atoms with Crippen molar-refractivity contribution < 1.29 is 19.4 Å². The van der Waals surface area contributed by atoms with Crippen LogP contribution in [0.3, 0.4) is 0 Å². The van der Waals surface area contributed by atoms with Crippen molar-refractivity contribution in [3.05, 3.63) is 53.6 Å². The fraction of sp³-hybridized carbons (Fsp3) is 0.462. The van der Waals surface area contributed by atoms with E-state index in [2.05, 4.69) is 11.0 Å². The second-order valence-electron chi connectivity index (χ2n) is 8.54. The summed E-state index contributed by atoms with van der Waals surface area (Å²) in [6.45, 7) is 7.10. The number of nitrogens with zero attached hydrogens (tertiary/aromatic N) is 2. The second kappa shape index (κ2) is 10.6. The Kier molecular flexibility index (Phi) is 7.91. The Hall–Kier alpha value is -2.86. The molecule has 0 bridgehead atoms. The van der Waals surface area contributed by atoms with Gasteiger partial charge in [-0.25, -0.2) is 0 Å². The summed E-state index contributed by atoms with van der Waals surface area (Å²) in [6, 6.07) is 14.2. The molecular weight excluding hydrogens is 404 g/mol. The molecule has 172 valence electrons. The second-order valence-corrected chi connectivity index (χ2v) is 8.54. The van der Waals surface area contributed by atoms with Crippen LogP contribution in [0.4, 0.5) is 17.1 Å². The lowest BCUT2D eigenvalue weighted by atomic mass is 9.92. The number of hydrogen-bond acceptors (Lipinski definition) is 4. The van der Waals surface area contributed by atoms with E-state index in [-0.39, 0.29) is 24.3 Å². The first-order chi connectivity index (χ1) is 15.4. The first-order valence-corrected chi connectivity index (χ1v) is 11.3. The van der Waals surface area contributed by atoms with Crippen molar-refractivity contribution in [1.82, 2.24) is 0 Å². The van der Waals surface area contributed by atoms with Gasteiger partial charge in [-0.3, -0.25) is 14.5 Å². The summed E-state index contributed by atoms with van der Waals surface area (Å²) in [5.41, 5.74) is 4.57. The number of amides is 1. The van der Waals surface area contributed by atoms with Crippen LogP contribution in [0.25, 0.3) is 0 Å². The molecule has 0 aromatic heterocycles. The molecule has 1 heterocycles. The zero-order valence-corrected chi connectivity index (χ0v) is 19.5. The van der Waals surface area contributed by atoms with Crippen molar-refractivity contribution in [2.24, 2.45) is 0 Å². The van der Waals surface area contributed by atoms with E-state index in [1.165, 1.54) is 0 Å². The molecule has 1 aliphatic rings. The quantitative estimate of drug-likeness (QED) is 0.578. The van der Waals surface area contributed by atoms with Gasteiger partial charge in [-0.05, 0) is 61.4 Å². The summed E-state index contributed by atoms with van der Waals surface area (Å²) < 4.78 is 5.46. The SMILES string of the molecule is CCC(CC(=O)O)c1ccc(N2CCC[C@@H]2COC)c(N(C(C)=O)c2ccccc2C)c1. The summed E-state index contributed by atoms with van der Waals surface area (Å²) in [5, 5.41) is 9.39. The van der Waals surface area contributed by atoms with E-state index >= 15 is 0 Å². The number of carboxylic acids is 1. The summed E-state index contributed by atoms with van der Waals surface area (Å²) in [6.07, 6.45) is 2.88. The summed E-state index contributed by atoms with van der Waals surface area (Å²) in [7, 11) is 1.72. The molecule has 1 fully saturated rings. The number of hydrogen-bond donors (Lipinski definition) is 1. The largest absolute Gasteiger partial charge is 0.481 e. The van der Waals surface area contributed by atoms with Gasteiger partial charge in [0.15, 0.2) is 0 Å². The third-order valence-electron chi connectivity index (χ3n) is 6.34. The number of ether oxygens (including phenoxy) is 1. The highest BCUT2D eigenvalue weighted by Gasteiger charge is 2.30. The Labute approximate surface area is 190 Å². The van der Waals surface area contributed by atoms with E-state index in [0.717, 1.165) is 47.6 Å². The molecule has 6 heteroatoms. The minimum Gasteiger partial charge on any atom is -0.481 e. The summed E-state index contributed by atoms with van der Waals surface area (Å²) in [5.74, 6) is -1.00. The maximum atomic E-state index is 13.0. The summed E-state index contributed by atoms with van der Waals surface area (Å²) in [4.78, 5) is 28.5. The van der Waals surface area contributed by atoms with Gasteiger partial charge in [0.1, 0.15) is 0 Å². The van der Waals surface area contributed by atoms with Crippen LogP contribution in [0.15, 0.2) is 42.5 Å². The van der Waals surface area contributed by atoms with Gasteiger partial charge in [-0.2, -0.15) is 0 Å². The third kappa shape index (κ3) is 5.13. The van der Waals surface area contributed by atoms with Crippen LogP contribution in [0, 0.1) is 6.92 Å². The Morgan fingerprint density at radius 3 is 2.59 bits per heavy atom. The maximum Gasteiger partial charge on any atom is 0.303 e. The highest BCUT2D eigenvalue weighted by molar-refractivity contribution is 6.03. The smallest absolute Gasteiger partial charge is 0.303 e. The van der Waals surface area contributed by atoms with Gasteiger partial charge < -0.3 is 14.7 Å². The molecule has 3 rings (SSSR count). The minimum absolute atomic E-state index is 0.0652. The zero-order chi connectivity index (χ0) is 23.3. The Balaban J connectivity index is 2.18. The van der Waals surface area contributed by atoms with Crippen molar-refractivity contribution in [1.29, 1.82) is 0 Å². The number of anilines is 3. The van der Waals surface area contributed by atoms with E-state index in [0.29, 0.717) is 13.0 Å². The zero-order valence-electron chi connectivity index (χ0n) is 19.5. The molecule has 2 atom stereocenters. The van der Waals surface area contributed by atoms with Crippen molar-refractivity contribution in [2.75, 3.05) is 30.1 Å². The number of methoxy groups -OCH3 is 1. The molecule has 0 saturated carbocycles. The Bertz CT molecular complexity index is 959. The average molecular weight is 439 g/mol. The molecule has 32 heavy (non-hydrogen) atoms. The van der Waals surface area contributed by atoms with Crippen molar-refractivity contribution in [3.8, 4) is 0 Å². The van der Waals surface area contributed by atoms with Crippen molar-refractivity contribution >= 4 is 28.9 Å². The number of carbonyl (C=O) groups is 2. The first-order valence-electron chi connectivity index (χ1n) is 11.3. The van der Waals surface area contributed by atoms with Gasteiger partial charge in [0.05, 0.1) is 36.1 Å². The van der Waals surface area contributed by atoms with Crippen molar-refractivity contribution in [3.63, 3.8) is 0 Å². The third-order valence-corrected chi connectivity index (χ3v) is 6.34. The molecule has 6 nitrogen and oxygen atoms in total. The molecule has 1 saturated heterocycles. The van der Waals surface area contributed by atoms with Crippen LogP contribution >= 0.6 is 0 Å². The fourth-order valence-electron chi connectivity index (χ4n) is 4.73. The molecule has 2 aromatic rings. The lowest BCUT2D eigenvalue weighted by Gasteiger charge is -2.33. The lowest BCUT2D eigenvalue weighted by molar-refractivity contribution is -0.137. The number of benzene rings is 2. The van der Waals surface area contributed by atoms with Gasteiger partial charge in [0.25, 0.3) is 0 Å². The summed E-state index contributed by atoms with van der Waals surface area (Å²) >= 11 is 0. The maximum absolute atomic E-state index is 13.0. The van der Waals surface area contributed by atoms with Gasteiger partial charge in [-0.1, -0.05) is 31.2 Å². The number of carbonyl (C=O) groups excluding carboxylic acids is 1. The Morgan fingerprint density at radius 1 is 1.22 bits per heavy atom. The molecule has 1 N–H and O–H groups in total. The molecule has 0 spiro atoms. The van der Waals surface area contributed by atoms with Crippen LogP contribution in [-0.2, 0) is 14.3 Å². The standard InChI is InChI=1S/C26H34N2O4/c1-5-20(16-26(30)31)21-12-13-24(27-14-8-10-22(27)17-32-4)25(15-21)28(19(3)29)23-11-7-6-9-18(23)2/h6-7,9,11-13,15,20,22H,5,8,10,14,16-17H2,1-4H3,(H,30,31)/t20?,22-/m1/s1. The first kappa shape index (κ1) is 23.8. The molecule has 0 aliphatic carbocycles. The molecule has 1 amide bonds. The monoisotopic (exact) mass is 438 g/mol. The van der Waals surface area contributed by atoms with Gasteiger partial charge in [0, 0.05) is 20.6 Å². The predicted octanol–water partition coefficient (Wildman–Crippen LogP) is 5.26. The fourth-order valence-corrected chi connectivity index (χ4v) is 4.73. The predicted molar refractivity (Wildman–Crippen MR) is 128 cm³/mol. The van der Waals surface area contributed by atoms with Crippen LogP contribution < -0.4 is 9.80 Å². The number of aryl methyl sites for hydroxylation is 1. The van der Waals surface area contributed by atoms with E-state index in [1.807, 2.05) is 50.2 Å². The average Bonchev–Trinajstić information content (AvgIpc) is 3.21. The Morgan fingerprint density at radius 2 is 1.97 bits per heavy atom. The van der Waals surface area contributed by atoms with Crippen LogP contribution in [0.5, 0.6) is 0 Å². The molecular formula is C26H34N2O4. The number of para-hydroxylation sites is 1. The van der Waals surface area contributed by atoms with E-state index in [4.69, 9.17) is 4.74 Å². The number of rotatable bonds is 9. The lowest BCUT2D eigenvalue weighted by Crippen LogP contribution is -2.35. The molecule has 1 aliphatic heterocycles. The van der Waals surface area contributed by atoms with Crippen LogP contribution in [0.2, 0.25) is 0 Å². The highest BCUT2D eigenvalue weighted by Crippen LogP contribution is 2.41. The van der Waals surface area contributed by atoms with Crippen molar-refractivity contribution in [2.45, 2.75) is 58.4 Å². The number of aliphatic carboxylic acids is 1. The van der Waals surface area contributed by atoms with Crippen LogP contribution in [-0.4, -0.2) is 43.3 Å². The van der Waals surface area contributed by atoms with E-state index in [9.17, 15) is 14.7 Å².